The Labute approximate surface area is 147 Å². The number of primary amides is 1. The van der Waals surface area contributed by atoms with E-state index in [2.05, 4.69) is 10.1 Å². The van der Waals surface area contributed by atoms with Gasteiger partial charge in [-0.2, -0.15) is 5.10 Å². The molecule has 1 aliphatic heterocycles. The van der Waals surface area contributed by atoms with Crippen LogP contribution in [-0.4, -0.2) is 44.4 Å². The minimum Gasteiger partial charge on any atom is -0.369 e. The maximum Gasteiger partial charge on any atom is 0.222 e. The first-order chi connectivity index (χ1) is 11.9. The Morgan fingerprint density at radius 3 is 2.56 bits per heavy atom. The molecule has 3 rings (SSSR count). The van der Waals surface area contributed by atoms with E-state index in [0.29, 0.717) is 38.8 Å². The van der Waals surface area contributed by atoms with Crippen molar-refractivity contribution in [3.05, 3.63) is 28.7 Å². The molecule has 0 aromatic carbocycles. The minimum absolute atomic E-state index is 0.0943. The predicted octanol–water partition coefficient (Wildman–Crippen LogP) is 1.31. The zero-order valence-electron chi connectivity index (χ0n) is 15.1. The second kappa shape index (κ2) is 6.82. The molecule has 0 unspecified atom stereocenters. The maximum absolute atomic E-state index is 12.5. The number of nitrogens with zero attached hydrogens (tertiary/aromatic N) is 4. The van der Waals surface area contributed by atoms with E-state index in [4.69, 9.17) is 5.73 Å². The molecule has 0 spiro atoms. The lowest BCUT2D eigenvalue weighted by Gasteiger charge is -2.30. The average molecular weight is 343 g/mol. The summed E-state index contributed by atoms with van der Waals surface area (Å²) >= 11 is 0. The van der Waals surface area contributed by atoms with E-state index in [0.717, 1.165) is 28.3 Å². The van der Waals surface area contributed by atoms with Gasteiger partial charge in [-0.15, -0.1) is 0 Å². The van der Waals surface area contributed by atoms with Gasteiger partial charge in [0.1, 0.15) is 0 Å². The summed E-state index contributed by atoms with van der Waals surface area (Å²) in [5, 5.41) is 4.47. The van der Waals surface area contributed by atoms with Crippen LogP contribution in [0.25, 0.3) is 5.65 Å². The first kappa shape index (κ1) is 17.4. The van der Waals surface area contributed by atoms with Crippen molar-refractivity contribution < 1.29 is 9.59 Å². The van der Waals surface area contributed by atoms with Gasteiger partial charge in [0.05, 0.1) is 5.69 Å². The fourth-order valence-corrected chi connectivity index (χ4v) is 3.61. The number of aryl methyl sites for hydroxylation is 3. The normalized spacial score (nSPS) is 15.7. The molecular formula is C18H25N5O2. The Kier molecular flexibility index (Phi) is 4.74. The highest BCUT2D eigenvalue weighted by Gasteiger charge is 2.25. The molecule has 1 saturated heterocycles. The number of rotatable bonds is 4. The van der Waals surface area contributed by atoms with Crippen LogP contribution in [-0.2, 0) is 16.0 Å². The number of nitrogens with two attached hydrogens (primary N) is 1. The molecule has 0 saturated carbocycles. The Hall–Kier alpha value is -2.44. The van der Waals surface area contributed by atoms with Crippen LogP contribution in [0.3, 0.4) is 0 Å². The molecule has 3 heterocycles. The highest BCUT2D eigenvalue weighted by Crippen LogP contribution is 2.20. The summed E-state index contributed by atoms with van der Waals surface area (Å²) in [7, 11) is 0. The number of hydrogen-bond acceptors (Lipinski definition) is 4. The molecule has 0 bridgehead atoms. The summed E-state index contributed by atoms with van der Waals surface area (Å²) in [5.41, 5.74) is 10.2. The summed E-state index contributed by atoms with van der Waals surface area (Å²) in [4.78, 5) is 30.2. The van der Waals surface area contributed by atoms with Crippen molar-refractivity contribution in [1.82, 2.24) is 19.5 Å². The van der Waals surface area contributed by atoms with Gasteiger partial charge in [0, 0.05) is 42.9 Å². The summed E-state index contributed by atoms with van der Waals surface area (Å²) < 4.78 is 1.85. The zero-order chi connectivity index (χ0) is 18.1. The zero-order valence-corrected chi connectivity index (χ0v) is 15.1. The molecule has 1 fully saturated rings. The summed E-state index contributed by atoms with van der Waals surface area (Å²) in [6.45, 7) is 7.17. The van der Waals surface area contributed by atoms with E-state index in [1.54, 1.807) is 0 Å². The van der Waals surface area contributed by atoms with Crippen LogP contribution in [0, 0.1) is 26.7 Å². The van der Waals surface area contributed by atoms with Crippen molar-refractivity contribution in [3.63, 3.8) is 0 Å². The number of piperidine rings is 1. The minimum atomic E-state index is -0.257. The van der Waals surface area contributed by atoms with Gasteiger partial charge >= 0.3 is 0 Å². The Balaban J connectivity index is 1.66. The smallest absolute Gasteiger partial charge is 0.222 e. The fraction of sp³-hybridized carbons (Fsp3) is 0.556. The number of fused-ring (bicyclic) bond motifs is 1. The van der Waals surface area contributed by atoms with E-state index in [-0.39, 0.29) is 17.7 Å². The molecule has 2 amide bonds. The number of hydrogen-bond donors (Lipinski definition) is 1. The van der Waals surface area contributed by atoms with E-state index in [9.17, 15) is 9.59 Å². The molecule has 7 nitrogen and oxygen atoms in total. The first-order valence-electron chi connectivity index (χ1n) is 8.76. The van der Waals surface area contributed by atoms with Crippen LogP contribution < -0.4 is 5.73 Å². The Morgan fingerprint density at radius 2 is 1.92 bits per heavy atom. The molecule has 134 valence electrons. The van der Waals surface area contributed by atoms with E-state index in [1.165, 1.54) is 0 Å². The van der Waals surface area contributed by atoms with Crippen molar-refractivity contribution in [2.75, 3.05) is 13.1 Å². The maximum atomic E-state index is 12.5. The van der Waals surface area contributed by atoms with Crippen LogP contribution in [0.5, 0.6) is 0 Å². The summed E-state index contributed by atoms with van der Waals surface area (Å²) in [6.07, 6.45) is 2.42. The Morgan fingerprint density at radius 1 is 1.24 bits per heavy atom. The molecule has 0 radical (unpaired) electrons. The third-order valence-electron chi connectivity index (χ3n) is 5.13. The average Bonchev–Trinajstić information content (AvgIpc) is 2.95. The van der Waals surface area contributed by atoms with Crippen molar-refractivity contribution in [1.29, 1.82) is 0 Å². The molecule has 7 heteroatoms. The van der Waals surface area contributed by atoms with Gasteiger partial charge in [-0.1, -0.05) is 0 Å². The molecular weight excluding hydrogens is 318 g/mol. The lowest BCUT2D eigenvalue weighted by Crippen LogP contribution is -2.41. The van der Waals surface area contributed by atoms with Crippen LogP contribution in [0.2, 0.25) is 0 Å². The predicted molar refractivity (Wildman–Crippen MR) is 94.0 cm³/mol. The number of carbonyl (C=O) groups is 2. The SMILES string of the molecule is Cc1cc2nc(C)c(CCC(=O)N3CCC(C(N)=O)CC3)c(C)n2n1. The summed E-state index contributed by atoms with van der Waals surface area (Å²) in [6, 6.07) is 1.96. The van der Waals surface area contributed by atoms with Crippen molar-refractivity contribution in [3.8, 4) is 0 Å². The third kappa shape index (κ3) is 3.50. The van der Waals surface area contributed by atoms with E-state index < -0.39 is 0 Å². The van der Waals surface area contributed by atoms with E-state index in [1.807, 2.05) is 36.3 Å². The molecule has 2 aromatic heterocycles. The van der Waals surface area contributed by atoms with Crippen molar-refractivity contribution in [2.45, 2.75) is 46.5 Å². The highest BCUT2D eigenvalue weighted by molar-refractivity contribution is 5.79. The first-order valence-corrected chi connectivity index (χ1v) is 8.76. The van der Waals surface area contributed by atoms with Gasteiger partial charge in [0.2, 0.25) is 11.8 Å². The van der Waals surface area contributed by atoms with Crippen LogP contribution in [0.1, 0.15) is 41.9 Å². The number of likely N-dealkylation sites (tertiary alicyclic amines) is 1. The highest BCUT2D eigenvalue weighted by atomic mass is 16.2. The molecule has 0 atom stereocenters. The fourth-order valence-electron chi connectivity index (χ4n) is 3.61. The van der Waals surface area contributed by atoms with Crippen LogP contribution >= 0.6 is 0 Å². The van der Waals surface area contributed by atoms with Crippen molar-refractivity contribution >= 4 is 17.5 Å². The lowest BCUT2D eigenvalue weighted by atomic mass is 9.96. The van der Waals surface area contributed by atoms with Gasteiger partial charge in [0.15, 0.2) is 5.65 Å². The number of aromatic nitrogens is 3. The quantitative estimate of drug-likeness (QED) is 0.906. The third-order valence-corrected chi connectivity index (χ3v) is 5.13. The topological polar surface area (TPSA) is 93.6 Å². The Bertz CT molecular complexity index is 818. The van der Waals surface area contributed by atoms with Gasteiger partial charge in [0.25, 0.3) is 0 Å². The molecule has 25 heavy (non-hydrogen) atoms. The van der Waals surface area contributed by atoms with E-state index >= 15 is 0 Å². The largest absolute Gasteiger partial charge is 0.369 e. The van der Waals surface area contributed by atoms with Crippen LogP contribution in [0.15, 0.2) is 6.07 Å². The molecule has 1 aliphatic rings. The standard InChI is InChI=1S/C18H25N5O2/c1-11-10-16-20-12(2)15(13(3)23(16)21-11)4-5-17(24)22-8-6-14(7-9-22)18(19)25/h10,14H,4-9H2,1-3H3,(H2,19,25). The van der Waals surface area contributed by atoms with Gasteiger partial charge in [-0.05, 0) is 45.6 Å². The van der Waals surface area contributed by atoms with Gasteiger partial charge in [-0.25, -0.2) is 9.50 Å². The van der Waals surface area contributed by atoms with Gasteiger partial charge in [-0.3, -0.25) is 9.59 Å². The van der Waals surface area contributed by atoms with Crippen molar-refractivity contribution in [2.24, 2.45) is 11.7 Å². The molecule has 2 aromatic rings. The summed E-state index contributed by atoms with van der Waals surface area (Å²) in [5.74, 6) is -0.228. The van der Waals surface area contributed by atoms with Gasteiger partial charge < -0.3 is 10.6 Å². The molecule has 0 aliphatic carbocycles. The monoisotopic (exact) mass is 343 g/mol. The van der Waals surface area contributed by atoms with Crippen LogP contribution in [0.4, 0.5) is 0 Å². The number of carbonyl (C=O) groups excluding carboxylic acids is 2. The molecule has 2 N–H and O–H groups in total. The lowest BCUT2D eigenvalue weighted by molar-refractivity contribution is -0.134. The second-order valence-corrected chi connectivity index (χ2v) is 6.87. The number of amides is 2. The second-order valence-electron chi connectivity index (χ2n) is 6.87.